The largest absolute Gasteiger partial charge is 0.484 e. The topological polar surface area (TPSA) is 79.8 Å². The molecule has 0 atom stereocenters. The first-order valence-electron chi connectivity index (χ1n) is 9.59. The number of benzene rings is 3. The number of halogens is 1. The second-order valence-electron chi connectivity index (χ2n) is 6.93. The third kappa shape index (κ3) is 6.79. The van der Waals surface area contributed by atoms with Gasteiger partial charge in [-0.3, -0.25) is 9.59 Å². The lowest BCUT2D eigenvalue weighted by molar-refractivity contribution is -0.118. The van der Waals surface area contributed by atoms with Crippen LogP contribution in [0, 0.1) is 13.8 Å². The summed E-state index contributed by atoms with van der Waals surface area (Å²) in [6, 6.07) is 20.0. The highest BCUT2D eigenvalue weighted by atomic mass is 79.9. The molecule has 2 amide bonds. The number of carbonyl (C=O) groups excluding carboxylic acids is 2. The van der Waals surface area contributed by atoms with Gasteiger partial charge < -0.3 is 10.1 Å². The Labute approximate surface area is 189 Å². The molecule has 0 aromatic heterocycles. The second kappa shape index (κ2) is 10.5. The Hall–Kier alpha value is -3.45. The number of amides is 2. The van der Waals surface area contributed by atoms with Crippen LogP contribution in [0.15, 0.2) is 76.3 Å². The number of rotatable bonds is 7. The fourth-order valence-corrected chi connectivity index (χ4v) is 2.99. The summed E-state index contributed by atoms with van der Waals surface area (Å²) < 4.78 is 6.49. The molecular formula is C24H22BrN3O3. The summed E-state index contributed by atoms with van der Waals surface area (Å²) >= 11 is 3.33. The maximum absolute atomic E-state index is 12.2. The van der Waals surface area contributed by atoms with E-state index in [0.717, 1.165) is 26.9 Å². The molecule has 2 N–H and O–H groups in total. The van der Waals surface area contributed by atoms with Gasteiger partial charge in [0.2, 0.25) is 0 Å². The number of nitrogens with zero attached hydrogens (tertiary/aromatic N) is 1. The zero-order valence-electron chi connectivity index (χ0n) is 17.2. The van der Waals surface area contributed by atoms with Gasteiger partial charge in [-0.05, 0) is 73.0 Å². The molecule has 0 spiro atoms. The maximum Gasteiger partial charge on any atom is 0.271 e. The minimum atomic E-state index is -0.306. The molecule has 0 aliphatic rings. The predicted molar refractivity (Wildman–Crippen MR) is 126 cm³/mol. The van der Waals surface area contributed by atoms with Crippen LogP contribution in [0.1, 0.15) is 27.0 Å². The monoisotopic (exact) mass is 479 g/mol. The number of anilines is 1. The number of carbonyl (C=O) groups is 2. The molecule has 3 aromatic rings. The number of hydrogen-bond acceptors (Lipinski definition) is 4. The van der Waals surface area contributed by atoms with E-state index in [1.807, 2.05) is 38.1 Å². The summed E-state index contributed by atoms with van der Waals surface area (Å²) in [6.45, 7) is 3.79. The molecule has 7 heteroatoms. The van der Waals surface area contributed by atoms with Crippen LogP contribution < -0.4 is 15.5 Å². The minimum absolute atomic E-state index is 0.117. The van der Waals surface area contributed by atoms with Crippen molar-refractivity contribution in [3.8, 4) is 5.75 Å². The van der Waals surface area contributed by atoms with Gasteiger partial charge in [-0.25, -0.2) is 5.43 Å². The standard InChI is InChI=1S/C24H22BrN3O3/c1-16-6-7-17(2)22(12-16)27-23(29)15-31-21-5-3-4-18(13-21)14-26-28-24(30)19-8-10-20(25)11-9-19/h3-14H,15H2,1-2H3,(H,27,29)(H,28,30)/b26-14+. The number of hydrogen-bond donors (Lipinski definition) is 2. The lowest BCUT2D eigenvalue weighted by Gasteiger charge is -2.10. The van der Waals surface area contributed by atoms with E-state index < -0.39 is 0 Å². The van der Waals surface area contributed by atoms with E-state index in [2.05, 4.69) is 31.8 Å². The highest BCUT2D eigenvalue weighted by Gasteiger charge is 2.07. The van der Waals surface area contributed by atoms with Crippen LogP contribution in [-0.4, -0.2) is 24.6 Å². The first kappa shape index (κ1) is 22.2. The molecule has 0 fully saturated rings. The van der Waals surface area contributed by atoms with Crippen LogP contribution in [0.25, 0.3) is 0 Å². The van der Waals surface area contributed by atoms with Crippen molar-refractivity contribution >= 4 is 39.6 Å². The van der Waals surface area contributed by atoms with Crippen molar-refractivity contribution in [1.29, 1.82) is 0 Å². The quantitative estimate of drug-likeness (QED) is 0.375. The van der Waals surface area contributed by atoms with E-state index in [9.17, 15) is 9.59 Å². The van der Waals surface area contributed by atoms with Gasteiger partial charge in [0, 0.05) is 15.7 Å². The molecule has 0 heterocycles. The number of nitrogens with one attached hydrogen (secondary N) is 2. The second-order valence-corrected chi connectivity index (χ2v) is 7.85. The third-order valence-electron chi connectivity index (χ3n) is 4.38. The molecule has 158 valence electrons. The molecule has 0 unspecified atom stereocenters. The van der Waals surface area contributed by atoms with Crippen LogP contribution in [-0.2, 0) is 4.79 Å². The first-order valence-corrected chi connectivity index (χ1v) is 10.4. The lowest BCUT2D eigenvalue weighted by atomic mass is 10.1. The summed E-state index contributed by atoms with van der Waals surface area (Å²) in [7, 11) is 0. The van der Waals surface area contributed by atoms with Gasteiger partial charge in [0.1, 0.15) is 5.75 Å². The lowest BCUT2D eigenvalue weighted by Crippen LogP contribution is -2.20. The Balaban J connectivity index is 1.53. The SMILES string of the molecule is Cc1ccc(C)c(NC(=O)COc2cccc(/C=N/NC(=O)c3ccc(Br)cc3)c2)c1. The summed E-state index contributed by atoms with van der Waals surface area (Å²) in [5, 5.41) is 6.84. The van der Waals surface area contributed by atoms with E-state index in [1.54, 1.807) is 42.5 Å². The molecular weight excluding hydrogens is 458 g/mol. The van der Waals surface area contributed by atoms with Crippen LogP contribution in [0.2, 0.25) is 0 Å². The highest BCUT2D eigenvalue weighted by Crippen LogP contribution is 2.17. The zero-order chi connectivity index (χ0) is 22.2. The number of hydrazone groups is 1. The van der Waals surface area contributed by atoms with Crippen molar-refractivity contribution in [2.24, 2.45) is 5.10 Å². The Kier molecular flexibility index (Phi) is 7.56. The van der Waals surface area contributed by atoms with E-state index in [4.69, 9.17) is 4.74 Å². The normalized spacial score (nSPS) is 10.7. The molecule has 0 saturated carbocycles. The number of aryl methyl sites for hydroxylation is 2. The Morgan fingerprint density at radius 2 is 1.81 bits per heavy atom. The van der Waals surface area contributed by atoms with E-state index in [-0.39, 0.29) is 18.4 Å². The first-order chi connectivity index (χ1) is 14.9. The van der Waals surface area contributed by atoms with Crippen molar-refractivity contribution in [1.82, 2.24) is 5.43 Å². The van der Waals surface area contributed by atoms with Crippen molar-refractivity contribution < 1.29 is 14.3 Å². The molecule has 0 radical (unpaired) electrons. The van der Waals surface area contributed by atoms with Gasteiger partial charge in [-0.1, -0.05) is 40.2 Å². The molecule has 0 bridgehead atoms. The predicted octanol–water partition coefficient (Wildman–Crippen LogP) is 4.85. The molecule has 0 aliphatic heterocycles. The van der Waals surface area contributed by atoms with Crippen LogP contribution >= 0.6 is 15.9 Å². The fourth-order valence-electron chi connectivity index (χ4n) is 2.72. The average Bonchev–Trinajstić information content (AvgIpc) is 2.75. The van der Waals surface area contributed by atoms with E-state index >= 15 is 0 Å². The highest BCUT2D eigenvalue weighted by molar-refractivity contribution is 9.10. The van der Waals surface area contributed by atoms with Gasteiger partial charge >= 0.3 is 0 Å². The maximum atomic E-state index is 12.2. The van der Waals surface area contributed by atoms with Gasteiger partial charge in [-0.15, -0.1) is 0 Å². The van der Waals surface area contributed by atoms with Crippen LogP contribution in [0.5, 0.6) is 5.75 Å². The Morgan fingerprint density at radius 3 is 2.58 bits per heavy atom. The molecule has 0 saturated heterocycles. The summed E-state index contributed by atoms with van der Waals surface area (Å²) in [6.07, 6.45) is 1.51. The van der Waals surface area contributed by atoms with Crippen molar-refractivity contribution in [3.05, 3.63) is 93.5 Å². The van der Waals surface area contributed by atoms with Crippen molar-refractivity contribution in [2.75, 3.05) is 11.9 Å². The summed E-state index contributed by atoms with van der Waals surface area (Å²) in [5.74, 6) is -0.0203. The Morgan fingerprint density at radius 1 is 1.03 bits per heavy atom. The van der Waals surface area contributed by atoms with Gasteiger partial charge in [0.15, 0.2) is 6.61 Å². The van der Waals surface area contributed by atoms with E-state index in [0.29, 0.717) is 11.3 Å². The van der Waals surface area contributed by atoms with Gasteiger partial charge in [-0.2, -0.15) is 5.10 Å². The smallest absolute Gasteiger partial charge is 0.271 e. The number of ether oxygens (including phenoxy) is 1. The van der Waals surface area contributed by atoms with Crippen LogP contribution in [0.4, 0.5) is 5.69 Å². The fraction of sp³-hybridized carbons (Fsp3) is 0.125. The summed E-state index contributed by atoms with van der Waals surface area (Å²) in [4.78, 5) is 24.3. The van der Waals surface area contributed by atoms with Crippen LogP contribution in [0.3, 0.4) is 0 Å². The zero-order valence-corrected chi connectivity index (χ0v) is 18.8. The minimum Gasteiger partial charge on any atom is -0.484 e. The van der Waals surface area contributed by atoms with Crippen molar-refractivity contribution in [3.63, 3.8) is 0 Å². The van der Waals surface area contributed by atoms with Crippen molar-refractivity contribution in [2.45, 2.75) is 13.8 Å². The third-order valence-corrected chi connectivity index (χ3v) is 4.91. The molecule has 0 aliphatic carbocycles. The molecule has 31 heavy (non-hydrogen) atoms. The molecule has 3 aromatic carbocycles. The van der Waals surface area contributed by atoms with Gasteiger partial charge in [0.05, 0.1) is 6.21 Å². The summed E-state index contributed by atoms with van der Waals surface area (Å²) in [5.41, 5.74) is 6.55. The van der Waals surface area contributed by atoms with E-state index in [1.165, 1.54) is 6.21 Å². The molecule has 6 nitrogen and oxygen atoms in total. The Bertz CT molecular complexity index is 1110. The van der Waals surface area contributed by atoms with Gasteiger partial charge in [0.25, 0.3) is 11.8 Å². The molecule has 3 rings (SSSR count). The average molecular weight is 480 g/mol.